The zero-order valence-corrected chi connectivity index (χ0v) is 16.7. The maximum Gasteiger partial charge on any atom is 0.261 e. The molecule has 152 valence electrons. The van der Waals surface area contributed by atoms with E-state index in [1.54, 1.807) is 12.1 Å². The van der Waals surface area contributed by atoms with Gasteiger partial charge in [0.25, 0.3) is 11.5 Å². The number of H-pyrrole nitrogens is 1. The Balaban J connectivity index is 1.40. The van der Waals surface area contributed by atoms with Crippen LogP contribution >= 0.6 is 0 Å². The standard InChI is InChI=1S/C23H26FN3O2/c1-26-11-16-12-27(13-19(16)21(26)15-6-4-7-17(24)9-15)23(29)18-10-14-5-2-3-8-20(14)25-22(18)28/h4,6-7,9-10,16,19,21H,2-3,5,8,11-13H2,1H3,(H,25,28)/t16-,19+,21-/m0/s1. The summed E-state index contributed by atoms with van der Waals surface area (Å²) in [5.74, 6) is 0.192. The van der Waals surface area contributed by atoms with Crippen molar-refractivity contribution < 1.29 is 9.18 Å². The molecule has 1 N–H and O–H groups in total. The molecule has 1 amide bonds. The Hall–Kier alpha value is -2.47. The molecule has 6 heteroatoms. The van der Waals surface area contributed by atoms with Crippen LogP contribution in [-0.2, 0) is 12.8 Å². The van der Waals surface area contributed by atoms with Crippen LogP contribution in [0.5, 0.6) is 0 Å². The number of aromatic nitrogens is 1. The average molecular weight is 395 g/mol. The summed E-state index contributed by atoms with van der Waals surface area (Å²) in [5, 5.41) is 0. The molecule has 3 heterocycles. The zero-order chi connectivity index (χ0) is 20.1. The van der Waals surface area contributed by atoms with Gasteiger partial charge in [0.1, 0.15) is 11.4 Å². The Morgan fingerprint density at radius 3 is 2.79 bits per heavy atom. The van der Waals surface area contributed by atoms with Crippen LogP contribution in [0.3, 0.4) is 0 Å². The molecule has 5 nitrogen and oxygen atoms in total. The van der Waals surface area contributed by atoms with Crippen LogP contribution in [0.25, 0.3) is 0 Å². The van der Waals surface area contributed by atoms with Crippen molar-refractivity contribution >= 4 is 5.91 Å². The highest BCUT2D eigenvalue weighted by Crippen LogP contribution is 2.44. The first-order valence-corrected chi connectivity index (χ1v) is 10.5. The molecule has 1 aromatic carbocycles. The van der Waals surface area contributed by atoms with Crippen LogP contribution in [0.15, 0.2) is 35.1 Å². The van der Waals surface area contributed by atoms with E-state index in [2.05, 4.69) is 16.9 Å². The minimum atomic E-state index is -0.272. The van der Waals surface area contributed by atoms with E-state index in [1.165, 1.54) is 6.07 Å². The number of carbonyl (C=O) groups excluding carboxylic acids is 1. The number of aryl methyl sites for hydroxylation is 2. The minimum absolute atomic E-state index is 0.0929. The SMILES string of the molecule is CN1C[C@H]2CN(C(=O)c3cc4c([nH]c3=O)CCCC4)C[C@H]2[C@@H]1c1cccc(F)c1. The summed E-state index contributed by atoms with van der Waals surface area (Å²) in [6, 6.07) is 8.68. The Morgan fingerprint density at radius 1 is 1.14 bits per heavy atom. The van der Waals surface area contributed by atoms with Crippen molar-refractivity contribution in [1.29, 1.82) is 0 Å². The van der Waals surface area contributed by atoms with Gasteiger partial charge >= 0.3 is 0 Å². The maximum atomic E-state index is 13.8. The smallest absolute Gasteiger partial charge is 0.261 e. The van der Waals surface area contributed by atoms with Gasteiger partial charge in [-0.05, 0) is 68.0 Å². The lowest BCUT2D eigenvalue weighted by molar-refractivity contribution is 0.0766. The number of aromatic amines is 1. The number of benzene rings is 1. The highest BCUT2D eigenvalue weighted by molar-refractivity contribution is 5.94. The number of halogens is 1. The number of amides is 1. The first-order valence-electron chi connectivity index (χ1n) is 10.5. The monoisotopic (exact) mass is 395 g/mol. The summed E-state index contributed by atoms with van der Waals surface area (Å²) in [4.78, 5) is 32.8. The summed E-state index contributed by atoms with van der Waals surface area (Å²) < 4.78 is 13.8. The molecule has 0 unspecified atom stereocenters. The quantitative estimate of drug-likeness (QED) is 0.851. The molecule has 2 fully saturated rings. The second-order valence-corrected chi connectivity index (χ2v) is 8.80. The van der Waals surface area contributed by atoms with Crippen molar-refractivity contribution in [2.75, 3.05) is 26.7 Å². The molecular weight excluding hydrogens is 369 g/mol. The van der Waals surface area contributed by atoms with E-state index in [4.69, 9.17) is 0 Å². The van der Waals surface area contributed by atoms with E-state index in [-0.39, 0.29) is 34.8 Å². The Bertz CT molecular complexity index is 1020. The normalized spacial score (nSPS) is 26.4. The predicted molar refractivity (Wildman–Crippen MR) is 108 cm³/mol. The molecule has 3 aliphatic rings. The third-order valence-corrected chi connectivity index (χ3v) is 6.94. The lowest BCUT2D eigenvalue weighted by atomic mass is 9.89. The summed E-state index contributed by atoms with van der Waals surface area (Å²) in [6.07, 6.45) is 3.99. The number of hydrogen-bond donors (Lipinski definition) is 1. The number of pyridine rings is 1. The molecule has 0 radical (unpaired) electrons. The van der Waals surface area contributed by atoms with Crippen LogP contribution < -0.4 is 5.56 Å². The fraction of sp³-hybridized carbons (Fsp3) is 0.478. The second-order valence-electron chi connectivity index (χ2n) is 8.80. The summed E-state index contributed by atoms with van der Waals surface area (Å²) in [5.41, 5.74) is 3.05. The van der Waals surface area contributed by atoms with E-state index in [0.717, 1.165) is 49.0 Å². The third-order valence-electron chi connectivity index (χ3n) is 6.94. The zero-order valence-electron chi connectivity index (χ0n) is 16.7. The van der Waals surface area contributed by atoms with E-state index in [0.29, 0.717) is 19.0 Å². The Kier molecular flexibility index (Phi) is 4.54. The number of nitrogens with zero attached hydrogens (tertiary/aromatic N) is 2. The van der Waals surface area contributed by atoms with Crippen LogP contribution in [0.2, 0.25) is 0 Å². The number of carbonyl (C=O) groups is 1. The van der Waals surface area contributed by atoms with Gasteiger partial charge in [0.15, 0.2) is 0 Å². The molecule has 2 aliphatic heterocycles. The van der Waals surface area contributed by atoms with Crippen molar-refractivity contribution in [3.05, 3.63) is 68.9 Å². The maximum absolute atomic E-state index is 13.8. The van der Waals surface area contributed by atoms with E-state index >= 15 is 0 Å². The van der Waals surface area contributed by atoms with Crippen LogP contribution in [0, 0.1) is 17.7 Å². The van der Waals surface area contributed by atoms with Crippen molar-refractivity contribution in [3.8, 4) is 0 Å². The van der Waals surface area contributed by atoms with Crippen molar-refractivity contribution in [3.63, 3.8) is 0 Å². The van der Waals surface area contributed by atoms with Gasteiger partial charge < -0.3 is 9.88 Å². The average Bonchev–Trinajstić information content (AvgIpc) is 3.23. The van der Waals surface area contributed by atoms with Crippen molar-refractivity contribution in [1.82, 2.24) is 14.8 Å². The van der Waals surface area contributed by atoms with Crippen LogP contribution in [0.4, 0.5) is 4.39 Å². The van der Waals surface area contributed by atoms with Crippen molar-refractivity contribution in [2.24, 2.45) is 11.8 Å². The van der Waals surface area contributed by atoms with Gasteiger partial charge in [-0.25, -0.2) is 4.39 Å². The van der Waals surface area contributed by atoms with Gasteiger partial charge in [0, 0.05) is 37.3 Å². The van der Waals surface area contributed by atoms with E-state index < -0.39 is 0 Å². The molecule has 1 aliphatic carbocycles. The topological polar surface area (TPSA) is 56.4 Å². The number of rotatable bonds is 2. The molecule has 0 saturated carbocycles. The molecule has 1 aromatic heterocycles. The fourth-order valence-corrected chi connectivity index (χ4v) is 5.62. The summed E-state index contributed by atoms with van der Waals surface area (Å²) in [7, 11) is 2.06. The van der Waals surface area contributed by atoms with Gasteiger partial charge in [-0.1, -0.05) is 12.1 Å². The lowest BCUT2D eigenvalue weighted by Gasteiger charge is -2.27. The molecule has 0 bridgehead atoms. The highest BCUT2D eigenvalue weighted by Gasteiger charge is 2.47. The lowest BCUT2D eigenvalue weighted by Crippen LogP contribution is -2.36. The second kappa shape index (κ2) is 7.10. The molecule has 3 atom stereocenters. The summed E-state index contributed by atoms with van der Waals surface area (Å²) in [6.45, 7) is 2.12. The van der Waals surface area contributed by atoms with E-state index in [9.17, 15) is 14.0 Å². The molecule has 2 aromatic rings. The molecule has 0 spiro atoms. The van der Waals surface area contributed by atoms with Gasteiger partial charge in [-0.3, -0.25) is 14.5 Å². The Labute approximate surface area is 169 Å². The number of hydrogen-bond acceptors (Lipinski definition) is 3. The van der Waals surface area contributed by atoms with Crippen LogP contribution in [0.1, 0.15) is 46.1 Å². The van der Waals surface area contributed by atoms with Gasteiger partial charge in [0.05, 0.1) is 0 Å². The Morgan fingerprint density at radius 2 is 1.97 bits per heavy atom. The third kappa shape index (κ3) is 3.19. The first-order chi connectivity index (χ1) is 14.0. The van der Waals surface area contributed by atoms with E-state index in [1.807, 2.05) is 17.0 Å². The predicted octanol–water partition coefficient (Wildman–Crippen LogP) is 2.77. The van der Waals surface area contributed by atoms with Gasteiger partial charge in [0.2, 0.25) is 0 Å². The summed E-state index contributed by atoms with van der Waals surface area (Å²) >= 11 is 0. The molecular formula is C23H26FN3O2. The number of fused-ring (bicyclic) bond motifs is 2. The van der Waals surface area contributed by atoms with Crippen molar-refractivity contribution in [2.45, 2.75) is 31.7 Å². The highest BCUT2D eigenvalue weighted by atomic mass is 19.1. The van der Waals surface area contributed by atoms with Gasteiger partial charge in [-0.2, -0.15) is 0 Å². The number of likely N-dealkylation sites (tertiary alicyclic amines) is 2. The van der Waals surface area contributed by atoms with Crippen LogP contribution in [-0.4, -0.2) is 47.4 Å². The largest absolute Gasteiger partial charge is 0.338 e. The van der Waals surface area contributed by atoms with Gasteiger partial charge in [-0.15, -0.1) is 0 Å². The molecule has 2 saturated heterocycles. The fourth-order valence-electron chi connectivity index (χ4n) is 5.62. The molecule has 5 rings (SSSR count). The minimum Gasteiger partial charge on any atom is -0.338 e. The molecule has 29 heavy (non-hydrogen) atoms. The number of nitrogens with one attached hydrogen (secondary N) is 1. The first kappa shape index (κ1) is 18.6.